The number of nitrogens with zero attached hydrogens (tertiary/aromatic N) is 3. The molecule has 1 fully saturated rings. The lowest BCUT2D eigenvalue weighted by molar-refractivity contribution is 0.0383. The average Bonchev–Trinajstić information content (AvgIpc) is 3.32. The number of carbonyl (C=O) groups excluding carboxylic acids is 1. The lowest BCUT2D eigenvalue weighted by atomic mass is 10.1. The van der Waals surface area contributed by atoms with Crippen LogP contribution in [-0.2, 0) is 11.2 Å². The predicted molar refractivity (Wildman–Crippen MR) is 111 cm³/mol. The highest BCUT2D eigenvalue weighted by atomic mass is 16.5. The Morgan fingerprint density at radius 2 is 1.79 bits per heavy atom. The minimum Gasteiger partial charge on any atom is -0.379 e. The van der Waals surface area contributed by atoms with E-state index in [0.29, 0.717) is 12.2 Å². The van der Waals surface area contributed by atoms with Crippen molar-refractivity contribution < 1.29 is 9.53 Å². The number of hydrogen-bond acceptors (Lipinski definition) is 4. The van der Waals surface area contributed by atoms with E-state index in [0.717, 1.165) is 61.8 Å². The maximum atomic E-state index is 13.0. The molecule has 148 valence electrons. The van der Waals surface area contributed by atoms with Crippen LogP contribution in [0.15, 0.2) is 54.6 Å². The number of amides is 1. The summed E-state index contributed by atoms with van der Waals surface area (Å²) in [6.07, 6.45) is 0.741. The molecule has 1 amide bonds. The summed E-state index contributed by atoms with van der Waals surface area (Å²) in [5.41, 5.74) is 5.94. The Kier molecular flexibility index (Phi) is 4.87. The first-order chi connectivity index (χ1) is 14.3. The molecular weight excluding hydrogens is 364 g/mol. The summed E-state index contributed by atoms with van der Waals surface area (Å²) in [7, 11) is 0. The Balaban J connectivity index is 1.42. The molecule has 2 aliphatic rings. The number of nitrogens with one attached hydrogen (secondary N) is 1. The Morgan fingerprint density at radius 3 is 2.62 bits per heavy atom. The molecule has 0 spiro atoms. The van der Waals surface area contributed by atoms with Crippen LogP contribution in [0, 0.1) is 0 Å². The van der Waals surface area contributed by atoms with Crippen molar-refractivity contribution in [2.45, 2.75) is 6.42 Å². The zero-order valence-electron chi connectivity index (χ0n) is 16.3. The van der Waals surface area contributed by atoms with E-state index in [2.05, 4.69) is 22.3 Å². The lowest BCUT2D eigenvalue weighted by Crippen LogP contribution is -2.41. The molecule has 0 atom stereocenters. The van der Waals surface area contributed by atoms with Crippen molar-refractivity contribution in [1.29, 1.82) is 0 Å². The number of fused-ring (bicyclic) bond motifs is 3. The van der Waals surface area contributed by atoms with Crippen LogP contribution in [0.5, 0.6) is 0 Å². The van der Waals surface area contributed by atoms with E-state index in [9.17, 15) is 4.79 Å². The van der Waals surface area contributed by atoms with Crippen molar-refractivity contribution >= 4 is 5.91 Å². The summed E-state index contributed by atoms with van der Waals surface area (Å²) in [6, 6.07) is 18.3. The normalized spacial score (nSPS) is 15.7. The number of rotatable bonds is 5. The van der Waals surface area contributed by atoms with E-state index in [-0.39, 0.29) is 5.91 Å². The maximum absolute atomic E-state index is 13.0. The van der Waals surface area contributed by atoms with Gasteiger partial charge in [0.05, 0.1) is 24.6 Å². The summed E-state index contributed by atoms with van der Waals surface area (Å²) >= 11 is 0. The van der Waals surface area contributed by atoms with Crippen molar-refractivity contribution in [3.63, 3.8) is 0 Å². The Hall–Kier alpha value is -2.96. The number of hydrogen-bond donors (Lipinski definition) is 1. The van der Waals surface area contributed by atoms with Gasteiger partial charge in [-0.3, -0.25) is 9.69 Å². The van der Waals surface area contributed by atoms with Crippen molar-refractivity contribution in [2.24, 2.45) is 0 Å². The number of carbonyl (C=O) groups is 1. The summed E-state index contributed by atoms with van der Waals surface area (Å²) in [5.74, 6) is -0.100. The molecule has 2 heterocycles. The Labute approximate surface area is 170 Å². The standard InChI is InChI=1S/C23H24N4O2/c28-23(24-10-11-26-12-14-29-15-13-26)21-20-16-17-6-4-5-9-19(17)22(20)27(25-21)18-7-2-1-3-8-18/h1-9H,10-16H2,(H,24,28). The number of ether oxygens (including phenoxy) is 1. The third kappa shape index (κ3) is 3.45. The quantitative estimate of drug-likeness (QED) is 0.571. The number of para-hydroxylation sites is 1. The summed E-state index contributed by atoms with van der Waals surface area (Å²) in [5, 5.41) is 7.81. The Morgan fingerprint density at radius 1 is 1.03 bits per heavy atom. The zero-order chi connectivity index (χ0) is 19.6. The highest BCUT2D eigenvalue weighted by Gasteiger charge is 2.30. The lowest BCUT2D eigenvalue weighted by Gasteiger charge is -2.26. The molecule has 1 aliphatic carbocycles. The van der Waals surface area contributed by atoms with E-state index in [1.54, 1.807) is 0 Å². The SMILES string of the molecule is O=C(NCCN1CCOCC1)c1nn(-c2ccccc2)c2c1Cc1ccccc1-2. The second-order valence-corrected chi connectivity index (χ2v) is 7.47. The van der Waals surface area contributed by atoms with E-state index in [1.807, 2.05) is 47.1 Å². The summed E-state index contributed by atoms with van der Waals surface area (Å²) in [6.45, 7) is 4.81. The van der Waals surface area contributed by atoms with Gasteiger partial charge in [0.2, 0.25) is 0 Å². The summed E-state index contributed by atoms with van der Waals surface area (Å²) < 4.78 is 7.30. The molecule has 0 saturated carbocycles. The first kappa shape index (κ1) is 18.1. The Bertz CT molecular complexity index is 1020. The van der Waals surface area contributed by atoms with Gasteiger partial charge in [-0.15, -0.1) is 0 Å². The van der Waals surface area contributed by atoms with Gasteiger partial charge < -0.3 is 10.1 Å². The molecule has 6 heteroatoms. The highest BCUT2D eigenvalue weighted by molar-refractivity contribution is 5.97. The summed E-state index contributed by atoms with van der Waals surface area (Å²) in [4.78, 5) is 15.3. The maximum Gasteiger partial charge on any atom is 0.272 e. The van der Waals surface area contributed by atoms with Gasteiger partial charge in [0.15, 0.2) is 5.69 Å². The minimum absolute atomic E-state index is 0.100. The van der Waals surface area contributed by atoms with Crippen LogP contribution < -0.4 is 5.32 Å². The largest absolute Gasteiger partial charge is 0.379 e. The number of morpholine rings is 1. The van der Waals surface area contributed by atoms with E-state index in [1.165, 1.54) is 5.56 Å². The molecule has 5 rings (SSSR count). The predicted octanol–water partition coefficient (Wildman–Crippen LogP) is 2.51. The van der Waals surface area contributed by atoms with E-state index < -0.39 is 0 Å². The molecule has 1 saturated heterocycles. The van der Waals surface area contributed by atoms with Gasteiger partial charge in [-0.2, -0.15) is 5.10 Å². The van der Waals surface area contributed by atoms with Gasteiger partial charge in [-0.1, -0.05) is 42.5 Å². The second-order valence-electron chi connectivity index (χ2n) is 7.47. The van der Waals surface area contributed by atoms with Gasteiger partial charge in [-0.25, -0.2) is 4.68 Å². The molecule has 0 radical (unpaired) electrons. The molecule has 1 aliphatic heterocycles. The van der Waals surface area contributed by atoms with Gasteiger partial charge in [0.1, 0.15) is 0 Å². The van der Waals surface area contributed by atoms with Crippen LogP contribution in [0.3, 0.4) is 0 Å². The van der Waals surface area contributed by atoms with Gasteiger partial charge >= 0.3 is 0 Å². The van der Waals surface area contributed by atoms with Crippen molar-refractivity contribution in [3.05, 3.63) is 71.4 Å². The van der Waals surface area contributed by atoms with Crippen LogP contribution in [-0.4, -0.2) is 60.0 Å². The number of benzene rings is 2. The minimum atomic E-state index is -0.100. The zero-order valence-corrected chi connectivity index (χ0v) is 16.3. The van der Waals surface area contributed by atoms with Crippen LogP contribution in [0.25, 0.3) is 16.9 Å². The molecule has 0 bridgehead atoms. The van der Waals surface area contributed by atoms with Gasteiger partial charge in [0.25, 0.3) is 5.91 Å². The van der Waals surface area contributed by atoms with Crippen LogP contribution in [0.2, 0.25) is 0 Å². The van der Waals surface area contributed by atoms with Crippen molar-refractivity contribution in [1.82, 2.24) is 20.0 Å². The smallest absolute Gasteiger partial charge is 0.272 e. The fraction of sp³-hybridized carbons (Fsp3) is 0.304. The average molecular weight is 388 g/mol. The molecule has 29 heavy (non-hydrogen) atoms. The molecule has 1 N–H and O–H groups in total. The van der Waals surface area contributed by atoms with Crippen LogP contribution in [0.1, 0.15) is 21.6 Å². The van der Waals surface area contributed by atoms with Crippen molar-refractivity contribution in [3.8, 4) is 16.9 Å². The van der Waals surface area contributed by atoms with Crippen LogP contribution >= 0.6 is 0 Å². The fourth-order valence-corrected chi connectivity index (χ4v) is 4.16. The molecule has 6 nitrogen and oxygen atoms in total. The van der Waals surface area contributed by atoms with Crippen molar-refractivity contribution in [2.75, 3.05) is 39.4 Å². The fourth-order valence-electron chi connectivity index (χ4n) is 4.16. The van der Waals surface area contributed by atoms with Crippen LogP contribution in [0.4, 0.5) is 0 Å². The van der Waals surface area contributed by atoms with Gasteiger partial charge in [-0.05, 0) is 17.7 Å². The first-order valence-electron chi connectivity index (χ1n) is 10.1. The third-order valence-corrected chi connectivity index (χ3v) is 5.66. The third-order valence-electron chi connectivity index (χ3n) is 5.66. The molecule has 3 aromatic rings. The molecule has 0 unspecified atom stereocenters. The second kappa shape index (κ2) is 7.81. The molecule has 2 aromatic carbocycles. The number of aromatic nitrogens is 2. The topological polar surface area (TPSA) is 59.4 Å². The van der Waals surface area contributed by atoms with Gasteiger partial charge in [0, 0.05) is 43.7 Å². The monoisotopic (exact) mass is 388 g/mol. The highest BCUT2D eigenvalue weighted by Crippen LogP contribution is 2.39. The molecule has 1 aromatic heterocycles. The van der Waals surface area contributed by atoms with E-state index in [4.69, 9.17) is 9.84 Å². The first-order valence-corrected chi connectivity index (χ1v) is 10.1. The van der Waals surface area contributed by atoms with E-state index >= 15 is 0 Å². The molecular formula is C23H24N4O2.